The monoisotopic (exact) mass is 469 g/mol. The van der Waals surface area contributed by atoms with Crippen LogP contribution in [0.4, 0.5) is 0 Å². The highest BCUT2D eigenvalue weighted by Gasteiger charge is 2.44. The average molecular weight is 470 g/mol. The van der Waals surface area contributed by atoms with E-state index in [0.29, 0.717) is 17.6 Å². The summed E-state index contributed by atoms with van der Waals surface area (Å²) < 4.78 is 30.4. The second-order valence-electron chi connectivity index (χ2n) is 9.64. The van der Waals surface area contributed by atoms with Crippen LogP contribution in [0.5, 0.6) is 5.75 Å². The van der Waals surface area contributed by atoms with Gasteiger partial charge in [0.2, 0.25) is 10.0 Å². The first-order valence-corrected chi connectivity index (χ1v) is 13.8. The number of hydrogen-bond donors (Lipinski definition) is 4. The summed E-state index contributed by atoms with van der Waals surface area (Å²) in [5, 5.41) is 31.0. The zero-order valence-electron chi connectivity index (χ0n) is 19.2. The molecule has 7 nitrogen and oxygen atoms in total. The molecule has 8 heteroatoms. The Morgan fingerprint density at radius 3 is 2.69 bits per heavy atom. The highest BCUT2D eigenvalue weighted by molar-refractivity contribution is 7.88. The highest BCUT2D eigenvalue weighted by Crippen LogP contribution is 2.48. The van der Waals surface area contributed by atoms with Crippen LogP contribution in [0.15, 0.2) is 18.2 Å². The van der Waals surface area contributed by atoms with Crippen LogP contribution in [0.2, 0.25) is 0 Å². The molecule has 2 aliphatic carbocycles. The number of fused-ring (bicyclic) bond motifs is 2. The number of aliphatic hydroxyl groups excluding tert-OH is 3. The maximum atomic E-state index is 11.3. The Hall–Kier alpha value is -1.19. The Bertz CT molecular complexity index is 845. The Balaban J connectivity index is 1.60. The van der Waals surface area contributed by atoms with Crippen LogP contribution in [-0.4, -0.2) is 55.0 Å². The topological polar surface area (TPSA) is 116 Å². The Morgan fingerprint density at radius 2 is 1.97 bits per heavy atom. The minimum absolute atomic E-state index is 0.168. The molecular formula is C24H39NO6S. The smallest absolute Gasteiger partial charge is 0.210 e. The summed E-state index contributed by atoms with van der Waals surface area (Å²) >= 11 is 0. The lowest BCUT2D eigenvalue weighted by Crippen LogP contribution is -2.38. The normalized spacial score (nSPS) is 26.9. The van der Waals surface area contributed by atoms with E-state index >= 15 is 0 Å². The third-order valence-corrected chi connectivity index (χ3v) is 7.77. The number of benzene rings is 1. The molecule has 182 valence electrons. The molecular weight excluding hydrogens is 430 g/mol. The minimum atomic E-state index is -3.51. The number of aliphatic hydroxyl groups is 3. The lowest BCUT2D eigenvalue weighted by Gasteiger charge is -2.32. The average Bonchev–Trinajstić information content (AvgIpc) is 3.02. The molecule has 4 N–H and O–H groups in total. The van der Waals surface area contributed by atoms with Crippen LogP contribution >= 0.6 is 0 Å². The van der Waals surface area contributed by atoms with E-state index in [-0.39, 0.29) is 24.7 Å². The molecule has 1 unspecified atom stereocenters. The summed E-state index contributed by atoms with van der Waals surface area (Å²) in [4.78, 5) is 0. The zero-order valence-corrected chi connectivity index (χ0v) is 20.1. The van der Waals surface area contributed by atoms with E-state index in [1.165, 1.54) is 5.56 Å². The van der Waals surface area contributed by atoms with Crippen molar-refractivity contribution in [1.82, 2.24) is 4.72 Å². The molecule has 1 saturated carbocycles. The fourth-order valence-corrected chi connectivity index (χ4v) is 6.11. The van der Waals surface area contributed by atoms with Crippen molar-refractivity contribution in [3.63, 3.8) is 0 Å². The first-order chi connectivity index (χ1) is 15.2. The number of rotatable bonds is 12. The number of nitrogens with one attached hydrogen (secondary N) is 1. The first kappa shape index (κ1) is 25.4. The van der Waals surface area contributed by atoms with E-state index in [1.54, 1.807) is 0 Å². The zero-order chi connectivity index (χ0) is 23.3. The van der Waals surface area contributed by atoms with Crippen molar-refractivity contribution < 1.29 is 28.5 Å². The van der Waals surface area contributed by atoms with E-state index in [9.17, 15) is 23.7 Å². The van der Waals surface area contributed by atoms with Crippen LogP contribution in [0.1, 0.15) is 63.0 Å². The summed E-state index contributed by atoms with van der Waals surface area (Å²) in [7, 11) is -3.51. The van der Waals surface area contributed by atoms with Gasteiger partial charge in [-0.2, -0.15) is 4.72 Å². The van der Waals surface area contributed by atoms with E-state index in [0.717, 1.165) is 69.6 Å². The lowest BCUT2D eigenvalue weighted by molar-refractivity contribution is 0.0866. The first-order valence-electron chi connectivity index (χ1n) is 11.9. The van der Waals surface area contributed by atoms with Crippen molar-refractivity contribution in [2.75, 3.05) is 12.9 Å². The quantitative estimate of drug-likeness (QED) is 0.276. The van der Waals surface area contributed by atoms with Gasteiger partial charge in [0.15, 0.2) is 6.23 Å². The van der Waals surface area contributed by atoms with Gasteiger partial charge in [0, 0.05) is 0 Å². The molecule has 32 heavy (non-hydrogen) atoms. The summed E-state index contributed by atoms with van der Waals surface area (Å²) in [6.07, 6.45) is 7.29. The predicted octanol–water partition coefficient (Wildman–Crippen LogP) is 2.37. The van der Waals surface area contributed by atoms with Gasteiger partial charge in [0.25, 0.3) is 0 Å². The van der Waals surface area contributed by atoms with Gasteiger partial charge in [-0.1, -0.05) is 38.3 Å². The fourth-order valence-electron chi connectivity index (χ4n) is 5.55. The third-order valence-electron chi connectivity index (χ3n) is 7.07. The number of sulfonamides is 1. The SMILES string of the molecule is CCCCC[C@H](O)CC[C@@H]1[C@H]2Cc3cccc(OCC(O)NS(C)(=O)=O)c3C[C@H]2C[C@H]1O. The fraction of sp³-hybridized carbons (Fsp3) is 0.750. The summed E-state index contributed by atoms with van der Waals surface area (Å²) in [5.41, 5.74) is 2.28. The summed E-state index contributed by atoms with van der Waals surface area (Å²) in [6, 6.07) is 5.86. The van der Waals surface area contributed by atoms with Crippen LogP contribution in [0.3, 0.4) is 0 Å². The van der Waals surface area contributed by atoms with Crippen LogP contribution < -0.4 is 9.46 Å². The molecule has 0 saturated heterocycles. The lowest BCUT2D eigenvalue weighted by atomic mass is 9.73. The molecule has 6 atom stereocenters. The van der Waals surface area contributed by atoms with Crippen molar-refractivity contribution >= 4 is 10.0 Å². The van der Waals surface area contributed by atoms with Crippen molar-refractivity contribution in [2.24, 2.45) is 17.8 Å². The maximum Gasteiger partial charge on any atom is 0.210 e. The Labute approximate surface area is 192 Å². The molecule has 0 bridgehead atoms. The van der Waals surface area contributed by atoms with Crippen LogP contribution in [0.25, 0.3) is 0 Å². The number of ether oxygens (including phenoxy) is 1. The van der Waals surface area contributed by atoms with Gasteiger partial charge in [-0.15, -0.1) is 0 Å². The minimum Gasteiger partial charge on any atom is -0.489 e. The standard InChI is InChI=1S/C24H39NO6S/c1-3-4-5-8-18(26)10-11-19-20-12-16-7-6-9-23(21(16)13-17(20)14-22(19)27)31-15-24(28)25-32(2,29)30/h6-7,9,17-20,22,24-28H,3-5,8,10-15H2,1-2H3/t17-,18-,19+,20-,22+,24?/m0/s1. The van der Waals surface area contributed by atoms with Gasteiger partial charge in [-0.3, -0.25) is 0 Å². The van der Waals surface area contributed by atoms with Crippen molar-refractivity contribution in [1.29, 1.82) is 0 Å². The number of hydrogen-bond acceptors (Lipinski definition) is 6. The Morgan fingerprint density at radius 1 is 1.19 bits per heavy atom. The van der Waals surface area contributed by atoms with Crippen molar-refractivity contribution in [3.05, 3.63) is 29.3 Å². The maximum absolute atomic E-state index is 11.3. The van der Waals surface area contributed by atoms with E-state index in [4.69, 9.17) is 4.74 Å². The molecule has 0 amide bonds. The number of unbranched alkanes of at least 4 members (excludes halogenated alkanes) is 2. The van der Waals surface area contributed by atoms with Crippen LogP contribution in [0, 0.1) is 17.8 Å². The van der Waals surface area contributed by atoms with E-state index in [1.807, 2.05) is 12.1 Å². The van der Waals surface area contributed by atoms with Gasteiger partial charge in [0.05, 0.1) is 18.5 Å². The molecule has 0 radical (unpaired) electrons. The molecule has 1 aromatic rings. The molecule has 0 spiro atoms. The molecule has 0 aliphatic heterocycles. The van der Waals surface area contributed by atoms with Crippen molar-refractivity contribution in [2.45, 2.75) is 83.1 Å². The third kappa shape index (κ3) is 6.90. The van der Waals surface area contributed by atoms with Gasteiger partial charge in [-0.05, 0) is 73.5 Å². The second kappa shape index (κ2) is 11.3. The Kier molecular flexibility index (Phi) is 8.97. The van der Waals surface area contributed by atoms with Crippen molar-refractivity contribution in [3.8, 4) is 5.75 Å². The molecule has 2 aliphatic rings. The molecule has 0 heterocycles. The van der Waals surface area contributed by atoms with E-state index < -0.39 is 16.3 Å². The molecule has 0 aromatic heterocycles. The van der Waals surface area contributed by atoms with Gasteiger partial charge in [0.1, 0.15) is 12.4 Å². The second-order valence-corrected chi connectivity index (χ2v) is 11.4. The summed E-state index contributed by atoms with van der Waals surface area (Å²) in [6.45, 7) is 1.99. The molecule has 1 fully saturated rings. The van der Waals surface area contributed by atoms with Gasteiger partial charge in [-0.25, -0.2) is 8.42 Å². The molecule has 1 aromatic carbocycles. The predicted molar refractivity (Wildman–Crippen MR) is 124 cm³/mol. The van der Waals surface area contributed by atoms with E-state index in [2.05, 4.69) is 17.7 Å². The van der Waals surface area contributed by atoms with Crippen LogP contribution in [-0.2, 0) is 22.9 Å². The largest absolute Gasteiger partial charge is 0.489 e. The summed E-state index contributed by atoms with van der Waals surface area (Å²) in [5.74, 6) is 1.63. The molecule has 3 rings (SSSR count). The van der Waals surface area contributed by atoms with Gasteiger partial charge < -0.3 is 20.1 Å². The highest BCUT2D eigenvalue weighted by atomic mass is 32.2. The van der Waals surface area contributed by atoms with Gasteiger partial charge >= 0.3 is 0 Å².